The van der Waals surface area contributed by atoms with Gasteiger partial charge in [0.1, 0.15) is 0 Å². The second kappa shape index (κ2) is 10.8. The number of hydrogen-bond acceptors (Lipinski definition) is 6. The van der Waals surface area contributed by atoms with Gasteiger partial charge < -0.3 is 20.1 Å². The maximum absolute atomic E-state index is 13.2. The fourth-order valence-electron chi connectivity index (χ4n) is 4.78. The van der Waals surface area contributed by atoms with Crippen LogP contribution in [-0.4, -0.2) is 48.4 Å². The molecule has 190 valence electrons. The first-order valence-electron chi connectivity index (χ1n) is 12.2. The van der Waals surface area contributed by atoms with E-state index in [0.29, 0.717) is 39.8 Å². The minimum Gasteiger partial charge on any atom is -0.493 e. The summed E-state index contributed by atoms with van der Waals surface area (Å²) in [6, 6.07) is 11.8. The molecular formula is C27H32N4O5. The Morgan fingerprint density at radius 2 is 1.75 bits per heavy atom. The highest BCUT2D eigenvalue weighted by atomic mass is 16.5. The lowest BCUT2D eigenvalue weighted by Crippen LogP contribution is -2.47. The first-order chi connectivity index (χ1) is 17.3. The van der Waals surface area contributed by atoms with Gasteiger partial charge in [0.15, 0.2) is 17.2 Å². The summed E-state index contributed by atoms with van der Waals surface area (Å²) in [5.74, 6) is 1.07. The van der Waals surface area contributed by atoms with E-state index in [2.05, 4.69) is 29.6 Å². The molecule has 36 heavy (non-hydrogen) atoms. The SMILES string of the molecule is COc1ccc(-n2nc(C(=O)NCC(=O)NC3CCCC(C)C3C)c3ccccc3c2=O)cc1OC. The number of benzene rings is 2. The van der Waals surface area contributed by atoms with E-state index in [1.807, 2.05) is 0 Å². The Balaban J connectivity index is 1.60. The van der Waals surface area contributed by atoms with Crippen LogP contribution in [-0.2, 0) is 4.79 Å². The molecule has 2 aromatic carbocycles. The molecule has 1 aliphatic rings. The normalized spacial score (nSPS) is 19.5. The Hall–Kier alpha value is -3.88. The highest BCUT2D eigenvalue weighted by Gasteiger charge is 2.28. The van der Waals surface area contributed by atoms with Crippen LogP contribution >= 0.6 is 0 Å². The summed E-state index contributed by atoms with van der Waals surface area (Å²) in [4.78, 5) is 39.0. The van der Waals surface area contributed by atoms with Gasteiger partial charge in [-0.2, -0.15) is 9.78 Å². The molecule has 2 amide bonds. The van der Waals surface area contributed by atoms with Crippen molar-refractivity contribution in [3.63, 3.8) is 0 Å². The Morgan fingerprint density at radius 3 is 2.47 bits per heavy atom. The Kier molecular flexibility index (Phi) is 7.57. The number of carbonyl (C=O) groups is 2. The Morgan fingerprint density at radius 1 is 1.03 bits per heavy atom. The van der Waals surface area contributed by atoms with Crippen molar-refractivity contribution < 1.29 is 19.1 Å². The van der Waals surface area contributed by atoms with Gasteiger partial charge in [-0.3, -0.25) is 14.4 Å². The van der Waals surface area contributed by atoms with Crippen LogP contribution in [0.25, 0.3) is 16.5 Å². The molecule has 1 aromatic heterocycles. The first kappa shape index (κ1) is 25.2. The summed E-state index contributed by atoms with van der Waals surface area (Å²) in [6.45, 7) is 4.18. The number of fused-ring (bicyclic) bond motifs is 1. The topological polar surface area (TPSA) is 112 Å². The fourth-order valence-corrected chi connectivity index (χ4v) is 4.78. The largest absolute Gasteiger partial charge is 0.493 e. The number of amides is 2. The van der Waals surface area contributed by atoms with Gasteiger partial charge in [0.25, 0.3) is 11.5 Å². The molecule has 1 fully saturated rings. The molecule has 1 aliphatic carbocycles. The Bertz CT molecular complexity index is 1340. The molecule has 0 aliphatic heterocycles. The molecule has 1 saturated carbocycles. The predicted molar refractivity (Wildman–Crippen MR) is 137 cm³/mol. The van der Waals surface area contributed by atoms with Crippen molar-refractivity contribution in [1.29, 1.82) is 0 Å². The maximum Gasteiger partial charge on any atom is 0.279 e. The molecule has 0 radical (unpaired) electrons. The van der Waals surface area contributed by atoms with Gasteiger partial charge in [0.2, 0.25) is 5.91 Å². The van der Waals surface area contributed by atoms with Crippen molar-refractivity contribution in [3.8, 4) is 17.2 Å². The average Bonchev–Trinajstić information content (AvgIpc) is 2.90. The zero-order chi connectivity index (χ0) is 25.8. The second-order valence-corrected chi connectivity index (χ2v) is 9.27. The summed E-state index contributed by atoms with van der Waals surface area (Å²) in [5, 5.41) is 10.9. The van der Waals surface area contributed by atoms with E-state index in [4.69, 9.17) is 9.47 Å². The number of ether oxygens (including phenoxy) is 2. The molecule has 4 rings (SSSR count). The van der Waals surface area contributed by atoms with Crippen LogP contribution in [0.4, 0.5) is 0 Å². The van der Waals surface area contributed by atoms with Gasteiger partial charge in [-0.05, 0) is 36.5 Å². The van der Waals surface area contributed by atoms with Crippen LogP contribution in [0.3, 0.4) is 0 Å². The molecule has 0 bridgehead atoms. The smallest absolute Gasteiger partial charge is 0.279 e. The molecule has 1 heterocycles. The third kappa shape index (κ3) is 5.05. The van der Waals surface area contributed by atoms with Gasteiger partial charge in [-0.1, -0.05) is 44.9 Å². The van der Waals surface area contributed by atoms with Gasteiger partial charge in [0.05, 0.1) is 31.8 Å². The lowest BCUT2D eigenvalue weighted by molar-refractivity contribution is -0.121. The van der Waals surface area contributed by atoms with Crippen molar-refractivity contribution in [3.05, 3.63) is 58.5 Å². The minimum atomic E-state index is -0.541. The number of methoxy groups -OCH3 is 2. The van der Waals surface area contributed by atoms with Crippen molar-refractivity contribution in [2.24, 2.45) is 11.8 Å². The lowest BCUT2D eigenvalue weighted by Gasteiger charge is -2.34. The monoisotopic (exact) mass is 492 g/mol. The Labute approximate surface area is 209 Å². The van der Waals surface area contributed by atoms with E-state index in [9.17, 15) is 14.4 Å². The lowest BCUT2D eigenvalue weighted by atomic mass is 9.78. The van der Waals surface area contributed by atoms with Crippen molar-refractivity contribution in [2.45, 2.75) is 39.2 Å². The van der Waals surface area contributed by atoms with Crippen LogP contribution in [0.15, 0.2) is 47.3 Å². The van der Waals surface area contributed by atoms with Crippen LogP contribution in [0.1, 0.15) is 43.6 Å². The van der Waals surface area contributed by atoms with E-state index < -0.39 is 5.91 Å². The zero-order valence-electron chi connectivity index (χ0n) is 21.0. The van der Waals surface area contributed by atoms with Gasteiger partial charge >= 0.3 is 0 Å². The van der Waals surface area contributed by atoms with Crippen LogP contribution in [0.2, 0.25) is 0 Å². The molecule has 3 atom stereocenters. The summed E-state index contributed by atoms with van der Waals surface area (Å²) >= 11 is 0. The van der Waals surface area contributed by atoms with E-state index in [0.717, 1.165) is 17.5 Å². The maximum atomic E-state index is 13.2. The second-order valence-electron chi connectivity index (χ2n) is 9.27. The molecular weight excluding hydrogens is 460 g/mol. The summed E-state index contributed by atoms with van der Waals surface area (Å²) < 4.78 is 11.8. The number of hydrogen-bond donors (Lipinski definition) is 2. The zero-order valence-corrected chi connectivity index (χ0v) is 21.0. The van der Waals surface area contributed by atoms with Gasteiger partial charge in [-0.25, -0.2) is 0 Å². The number of rotatable bonds is 7. The third-order valence-electron chi connectivity index (χ3n) is 7.09. The number of nitrogens with zero attached hydrogens (tertiary/aromatic N) is 2. The van der Waals surface area contributed by atoms with E-state index >= 15 is 0 Å². The summed E-state index contributed by atoms with van der Waals surface area (Å²) in [6.07, 6.45) is 3.18. The summed E-state index contributed by atoms with van der Waals surface area (Å²) in [7, 11) is 3.02. The van der Waals surface area contributed by atoms with Crippen molar-refractivity contribution >= 4 is 22.6 Å². The van der Waals surface area contributed by atoms with Gasteiger partial charge in [0, 0.05) is 17.5 Å². The fraction of sp³-hybridized carbons (Fsp3) is 0.407. The molecule has 9 heteroatoms. The number of nitrogens with one attached hydrogen (secondary N) is 2. The van der Waals surface area contributed by atoms with Crippen molar-refractivity contribution in [2.75, 3.05) is 20.8 Å². The van der Waals surface area contributed by atoms with Crippen LogP contribution in [0.5, 0.6) is 11.5 Å². The van der Waals surface area contributed by atoms with E-state index in [-0.39, 0.29) is 29.7 Å². The third-order valence-corrected chi connectivity index (χ3v) is 7.09. The molecule has 3 unspecified atom stereocenters. The van der Waals surface area contributed by atoms with Crippen LogP contribution in [0, 0.1) is 11.8 Å². The molecule has 2 N–H and O–H groups in total. The number of carbonyl (C=O) groups excluding carboxylic acids is 2. The summed E-state index contributed by atoms with van der Waals surface area (Å²) in [5.41, 5.74) is 0.0792. The molecule has 3 aromatic rings. The number of aromatic nitrogens is 2. The predicted octanol–water partition coefficient (Wildman–Crippen LogP) is 3.07. The van der Waals surface area contributed by atoms with E-state index in [1.165, 1.54) is 20.6 Å². The molecule has 0 saturated heterocycles. The highest BCUT2D eigenvalue weighted by molar-refractivity contribution is 6.05. The van der Waals surface area contributed by atoms with Crippen LogP contribution < -0.4 is 25.7 Å². The molecule has 9 nitrogen and oxygen atoms in total. The quantitative estimate of drug-likeness (QED) is 0.524. The standard InChI is InChI=1S/C27H32N4O5/c1-16-8-7-11-21(17(16)2)29-24(32)15-28-26(33)25-19-9-5-6-10-20(19)27(34)31(30-25)18-12-13-22(35-3)23(14-18)36-4/h5-6,9-10,12-14,16-17,21H,7-8,11,15H2,1-4H3,(H,28,33)(H,29,32). The molecule has 0 spiro atoms. The average molecular weight is 493 g/mol. The van der Waals surface area contributed by atoms with Crippen molar-refractivity contribution in [1.82, 2.24) is 20.4 Å². The van der Waals surface area contributed by atoms with Gasteiger partial charge in [-0.15, -0.1) is 0 Å². The van der Waals surface area contributed by atoms with E-state index in [1.54, 1.807) is 42.5 Å². The first-order valence-corrected chi connectivity index (χ1v) is 12.2. The highest BCUT2D eigenvalue weighted by Crippen LogP contribution is 2.30. The minimum absolute atomic E-state index is 0.0486.